The highest BCUT2D eigenvalue weighted by Crippen LogP contribution is 2.26. The van der Waals surface area contributed by atoms with Gasteiger partial charge in [0.15, 0.2) is 5.78 Å². The number of phenols is 1. The van der Waals surface area contributed by atoms with E-state index in [0.29, 0.717) is 5.56 Å². The smallest absolute Gasteiger partial charge is 0.163 e. The Bertz CT molecular complexity index is 1150. The fraction of sp³-hybridized carbons (Fsp3) is 0.138. The molecule has 4 aromatic carbocycles. The molecule has 0 aliphatic heterocycles. The number of hydrogen-bond donors (Lipinski definition) is 1. The summed E-state index contributed by atoms with van der Waals surface area (Å²) in [6.07, 6.45) is 1.10. The van der Waals surface area contributed by atoms with Crippen molar-refractivity contribution in [1.29, 1.82) is 0 Å². The minimum atomic E-state index is -0.129. The Kier molecular flexibility index (Phi) is 7.40. The Hall–Kier alpha value is -3.65. The van der Waals surface area contributed by atoms with Gasteiger partial charge in [0, 0.05) is 0 Å². The van der Waals surface area contributed by atoms with Crippen molar-refractivity contribution in [2.75, 3.05) is 0 Å². The lowest BCUT2D eigenvalue weighted by Crippen LogP contribution is -1.93. The van der Waals surface area contributed by atoms with Crippen LogP contribution in [0.5, 0.6) is 5.75 Å². The Labute approximate surface area is 184 Å². The van der Waals surface area contributed by atoms with Crippen molar-refractivity contribution >= 4 is 5.78 Å². The number of aromatic hydroxyl groups is 1. The number of rotatable bonds is 4. The summed E-state index contributed by atoms with van der Waals surface area (Å²) >= 11 is 0. The second kappa shape index (κ2) is 10.4. The average molecular weight is 409 g/mol. The molecule has 0 aliphatic carbocycles. The van der Waals surface area contributed by atoms with Crippen LogP contribution in [0.25, 0.3) is 22.3 Å². The molecular weight excluding hydrogens is 380 g/mol. The highest BCUT2D eigenvalue weighted by molar-refractivity contribution is 5.98. The van der Waals surface area contributed by atoms with E-state index in [4.69, 9.17) is 0 Å². The Morgan fingerprint density at radius 2 is 1.23 bits per heavy atom. The molecule has 0 saturated heterocycles. The third-order valence-electron chi connectivity index (χ3n) is 5.32. The van der Waals surface area contributed by atoms with Gasteiger partial charge in [-0.25, -0.2) is 0 Å². The third-order valence-corrected chi connectivity index (χ3v) is 5.32. The maximum Gasteiger partial charge on any atom is 0.163 e. The molecule has 0 heterocycles. The number of Topliss-reactive ketones (excluding diaryl/α,β-unsaturated/α-hetero) is 1. The molecule has 0 radical (unpaired) electrons. The van der Waals surface area contributed by atoms with Crippen LogP contribution in [0.4, 0.5) is 0 Å². The summed E-state index contributed by atoms with van der Waals surface area (Å²) in [5.41, 5.74) is 7.77. The zero-order chi connectivity index (χ0) is 22.2. The lowest BCUT2D eigenvalue weighted by molar-refractivity contribution is 0.101. The van der Waals surface area contributed by atoms with Gasteiger partial charge >= 0.3 is 0 Å². The van der Waals surface area contributed by atoms with Crippen LogP contribution in [0.3, 0.4) is 0 Å². The molecule has 0 amide bonds. The predicted molar refractivity (Wildman–Crippen MR) is 130 cm³/mol. The SMILES string of the molecule is CC(=O)c1cc(-c2ccccc2)ccc1O.CCc1cc(-c2ccccc2)ccc1C. The minimum Gasteiger partial charge on any atom is -0.507 e. The standard InChI is InChI=1S/C15H16.C14H12O2/c1-3-13-11-15(10-9-12(13)2)14-7-5-4-6-8-14;1-10(15)13-9-12(7-8-14(13)16)11-5-3-2-4-6-11/h4-11H,3H2,1-2H3;2-9,16H,1H3. The van der Waals surface area contributed by atoms with Crippen LogP contribution < -0.4 is 0 Å². The summed E-state index contributed by atoms with van der Waals surface area (Å²) in [5, 5.41) is 9.53. The highest BCUT2D eigenvalue weighted by Gasteiger charge is 2.08. The second-order valence-corrected chi connectivity index (χ2v) is 7.51. The van der Waals surface area contributed by atoms with E-state index in [9.17, 15) is 9.90 Å². The van der Waals surface area contributed by atoms with E-state index in [1.807, 2.05) is 30.3 Å². The zero-order valence-electron chi connectivity index (χ0n) is 18.3. The molecule has 0 aromatic heterocycles. The third kappa shape index (κ3) is 5.70. The number of hydrogen-bond acceptors (Lipinski definition) is 2. The number of phenolic OH excluding ortho intramolecular Hbond substituents is 1. The van der Waals surface area contributed by atoms with Gasteiger partial charge < -0.3 is 5.11 Å². The van der Waals surface area contributed by atoms with E-state index in [0.717, 1.165) is 17.5 Å². The molecule has 2 nitrogen and oxygen atoms in total. The predicted octanol–water partition coefficient (Wildman–Crippen LogP) is 7.49. The minimum absolute atomic E-state index is 0.0344. The Morgan fingerprint density at radius 1 is 0.710 bits per heavy atom. The number of aryl methyl sites for hydroxylation is 2. The van der Waals surface area contributed by atoms with Crippen LogP contribution in [0.2, 0.25) is 0 Å². The van der Waals surface area contributed by atoms with Crippen molar-refractivity contribution in [3.05, 3.63) is 114 Å². The van der Waals surface area contributed by atoms with Crippen molar-refractivity contribution in [3.63, 3.8) is 0 Å². The first-order chi connectivity index (χ1) is 15.0. The van der Waals surface area contributed by atoms with Crippen LogP contribution in [0, 0.1) is 6.92 Å². The van der Waals surface area contributed by atoms with Crippen molar-refractivity contribution < 1.29 is 9.90 Å². The molecule has 31 heavy (non-hydrogen) atoms. The van der Waals surface area contributed by atoms with Gasteiger partial charge in [-0.3, -0.25) is 4.79 Å². The van der Waals surface area contributed by atoms with E-state index < -0.39 is 0 Å². The van der Waals surface area contributed by atoms with Crippen LogP contribution in [0.1, 0.15) is 35.3 Å². The number of carbonyl (C=O) groups excluding carboxylic acids is 1. The molecule has 0 aliphatic rings. The van der Waals surface area contributed by atoms with Crippen molar-refractivity contribution in [2.24, 2.45) is 0 Å². The normalized spacial score (nSPS) is 10.2. The highest BCUT2D eigenvalue weighted by atomic mass is 16.3. The summed E-state index contributed by atoms with van der Waals surface area (Å²) in [5.74, 6) is -0.0949. The van der Waals surface area contributed by atoms with Gasteiger partial charge in [0.05, 0.1) is 5.56 Å². The first-order valence-corrected chi connectivity index (χ1v) is 10.5. The van der Waals surface area contributed by atoms with Crippen molar-refractivity contribution in [2.45, 2.75) is 27.2 Å². The fourth-order valence-electron chi connectivity index (χ4n) is 3.49. The summed E-state index contributed by atoms with van der Waals surface area (Å²) < 4.78 is 0. The average Bonchev–Trinajstić information content (AvgIpc) is 2.81. The van der Waals surface area contributed by atoms with Gasteiger partial charge in [0.25, 0.3) is 0 Å². The van der Waals surface area contributed by atoms with Gasteiger partial charge in [-0.2, -0.15) is 0 Å². The lowest BCUT2D eigenvalue weighted by Gasteiger charge is -2.07. The molecule has 0 fully saturated rings. The maximum absolute atomic E-state index is 11.3. The first kappa shape index (κ1) is 22.0. The van der Waals surface area contributed by atoms with Crippen LogP contribution in [0.15, 0.2) is 97.1 Å². The summed E-state index contributed by atoms with van der Waals surface area (Å²) in [4.78, 5) is 11.3. The monoisotopic (exact) mass is 408 g/mol. The number of ketones is 1. The topological polar surface area (TPSA) is 37.3 Å². The van der Waals surface area contributed by atoms with Crippen LogP contribution in [-0.4, -0.2) is 10.9 Å². The molecular formula is C29H28O2. The second-order valence-electron chi connectivity index (χ2n) is 7.51. The van der Waals surface area contributed by atoms with Gasteiger partial charge in [-0.15, -0.1) is 0 Å². The van der Waals surface area contributed by atoms with E-state index in [1.165, 1.54) is 29.2 Å². The van der Waals surface area contributed by atoms with E-state index in [1.54, 1.807) is 18.2 Å². The van der Waals surface area contributed by atoms with Gasteiger partial charge in [-0.05, 0) is 65.8 Å². The summed E-state index contributed by atoms with van der Waals surface area (Å²) in [6, 6.07) is 32.1. The number of carbonyl (C=O) groups is 1. The largest absolute Gasteiger partial charge is 0.507 e. The lowest BCUT2D eigenvalue weighted by atomic mass is 9.99. The van der Waals surface area contributed by atoms with Crippen LogP contribution in [-0.2, 0) is 6.42 Å². The Morgan fingerprint density at radius 3 is 1.74 bits per heavy atom. The molecule has 1 N–H and O–H groups in total. The molecule has 4 aromatic rings. The van der Waals surface area contributed by atoms with E-state index in [-0.39, 0.29) is 11.5 Å². The van der Waals surface area contributed by atoms with E-state index >= 15 is 0 Å². The Balaban J connectivity index is 0.000000176. The molecule has 4 rings (SSSR count). The fourth-order valence-corrected chi connectivity index (χ4v) is 3.49. The van der Waals surface area contributed by atoms with Crippen LogP contribution >= 0.6 is 0 Å². The zero-order valence-corrected chi connectivity index (χ0v) is 18.3. The molecule has 0 saturated carbocycles. The molecule has 156 valence electrons. The number of benzene rings is 4. The van der Waals surface area contributed by atoms with E-state index in [2.05, 4.69) is 62.4 Å². The van der Waals surface area contributed by atoms with Crippen molar-refractivity contribution in [3.8, 4) is 28.0 Å². The molecule has 0 bridgehead atoms. The summed E-state index contributed by atoms with van der Waals surface area (Å²) in [7, 11) is 0. The van der Waals surface area contributed by atoms with Crippen molar-refractivity contribution in [1.82, 2.24) is 0 Å². The quantitative estimate of drug-likeness (QED) is 0.355. The van der Waals surface area contributed by atoms with Gasteiger partial charge in [-0.1, -0.05) is 91.9 Å². The molecule has 0 spiro atoms. The molecule has 2 heteroatoms. The maximum atomic E-state index is 11.3. The molecule has 0 atom stereocenters. The van der Waals surface area contributed by atoms with Gasteiger partial charge in [0.1, 0.15) is 5.75 Å². The summed E-state index contributed by atoms with van der Waals surface area (Å²) in [6.45, 7) is 5.83. The first-order valence-electron chi connectivity index (χ1n) is 10.5. The van der Waals surface area contributed by atoms with Gasteiger partial charge in [0.2, 0.25) is 0 Å². The molecule has 0 unspecified atom stereocenters.